The highest BCUT2D eigenvalue weighted by molar-refractivity contribution is 6.30. The first-order valence-electron chi connectivity index (χ1n) is 5.99. The molecule has 0 bridgehead atoms. The summed E-state index contributed by atoms with van der Waals surface area (Å²) in [6.07, 6.45) is 0. The van der Waals surface area contributed by atoms with E-state index in [4.69, 9.17) is 11.6 Å². The molecule has 1 atom stereocenters. The minimum atomic E-state index is -0.679. The lowest BCUT2D eigenvalue weighted by atomic mass is 10.1. The van der Waals surface area contributed by atoms with Crippen LogP contribution in [0.2, 0.25) is 5.02 Å². The molecule has 0 aliphatic carbocycles. The maximum absolute atomic E-state index is 13.6. The van der Waals surface area contributed by atoms with Crippen LogP contribution in [0.5, 0.6) is 0 Å². The van der Waals surface area contributed by atoms with Crippen molar-refractivity contribution in [2.24, 2.45) is 0 Å². The molecule has 0 fully saturated rings. The maximum Gasteiger partial charge on any atom is 0.254 e. The summed E-state index contributed by atoms with van der Waals surface area (Å²) in [7, 11) is 0. The van der Waals surface area contributed by atoms with Crippen LogP contribution in [0.1, 0.15) is 28.9 Å². The Morgan fingerprint density at radius 1 is 1.15 bits per heavy atom. The quantitative estimate of drug-likeness (QED) is 0.907. The Morgan fingerprint density at radius 2 is 1.80 bits per heavy atom. The first kappa shape index (κ1) is 14.5. The van der Waals surface area contributed by atoms with Crippen LogP contribution in [0.4, 0.5) is 8.78 Å². The van der Waals surface area contributed by atoms with Crippen LogP contribution in [0.3, 0.4) is 0 Å². The topological polar surface area (TPSA) is 29.1 Å². The fourth-order valence-electron chi connectivity index (χ4n) is 1.78. The molecule has 0 spiro atoms. The number of benzene rings is 2. The van der Waals surface area contributed by atoms with Crippen molar-refractivity contribution in [1.82, 2.24) is 5.32 Å². The number of halogens is 3. The van der Waals surface area contributed by atoms with Crippen molar-refractivity contribution in [2.75, 3.05) is 0 Å². The third kappa shape index (κ3) is 3.33. The smallest absolute Gasteiger partial charge is 0.254 e. The molecule has 0 aliphatic heterocycles. The molecule has 2 nitrogen and oxygen atoms in total. The van der Waals surface area contributed by atoms with E-state index < -0.39 is 11.7 Å². The lowest BCUT2D eigenvalue weighted by molar-refractivity contribution is 0.0936. The summed E-state index contributed by atoms with van der Waals surface area (Å²) in [5.41, 5.74) is 0.650. The summed E-state index contributed by atoms with van der Waals surface area (Å²) in [6, 6.07) is 9.24. The third-order valence-electron chi connectivity index (χ3n) is 2.89. The molecule has 0 aromatic heterocycles. The number of carbonyl (C=O) groups excluding carboxylic acids is 1. The number of carbonyl (C=O) groups is 1. The maximum atomic E-state index is 13.6. The van der Waals surface area contributed by atoms with Gasteiger partial charge in [-0.15, -0.1) is 0 Å². The predicted molar refractivity (Wildman–Crippen MR) is 73.7 cm³/mol. The molecule has 104 valence electrons. The van der Waals surface area contributed by atoms with Gasteiger partial charge in [-0.2, -0.15) is 0 Å². The average molecular weight is 296 g/mol. The Hall–Kier alpha value is -1.94. The van der Waals surface area contributed by atoms with E-state index in [1.54, 1.807) is 19.1 Å². The van der Waals surface area contributed by atoms with E-state index in [0.717, 1.165) is 11.6 Å². The molecular weight excluding hydrogens is 284 g/mol. The number of rotatable bonds is 3. The van der Waals surface area contributed by atoms with E-state index in [9.17, 15) is 13.6 Å². The molecule has 1 N–H and O–H groups in total. The van der Waals surface area contributed by atoms with E-state index in [2.05, 4.69) is 5.32 Å². The van der Waals surface area contributed by atoms with Gasteiger partial charge in [-0.1, -0.05) is 23.7 Å². The van der Waals surface area contributed by atoms with Crippen LogP contribution in [0.15, 0.2) is 42.5 Å². The Morgan fingerprint density at radius 3 is 2.40 bits per heavy atom. The van der Waals surface area contributed by atoms with Gasteiger partial charge in [0.1, 0.15) is 11.6 Å². The number of hydrogen-bond donors (Lipinski definition) is 1. The number of nitrogens with one attached hydrogen (secondary N) is 1. The molecule has 0 aliphatic rings. The van der Waals surface area contributed by atoms with Crippen LogP contribution < -0.4 is 5.32 Å². The van der Waals surface area contributed by atoms with Crippen LogP contribution in [-0.4, -0.2) is 5.91 Å². The van der Waals surface area contributed by atoms with Gasteiger partial charge in [0.2, 0.25) is 0 Å². The largest absolute Gasteiger partial charge is 0.345 e. The summed E-state index contributed by atoms with van der Waals surface area (Å²) in [4.78, 5) is 12.0. The number of hydrogen-bond acceptors (Lipinski definition) is 1. The van der Waals surface area contributed by atoms with Gasteiger partial charge in [-0.3, -0.25) is 4.79 Å². The summed E-state index contributed by atoms with van der Waals surface area (Å²) in [5.74, 6) is -1.58. The monoisotopic (exact) mass is 295 g/mol. The van der Waals surface area contributed by atoms with Crippen molar-refractivity contribution in [3.05, 3.63) is 70.2 Å². The average Bonchev–Trinajstić information content (AvgIpc) is 2.39. The van der Waals surface area contributed by atoms with Gasteiger partial charge in [-0.05, 0) is 42.8 Å². The minimum Gasteiger partial charge on any atom is -0.345 e. The van der Waals surface area contributed by atoms with E-state index in [0.29, 0.717) is 0 Å². The molecule has 5 heteroatoms. The highest BCUT2D eigenvalue weighted by Gasteiger charge is 2.15. The highest BCUT2D eigenvalue weighted by Crippen LogP contribution is 2.17. The van der Waals surface area contributed by atoms with Crippen molar-refractivity contribution in [1.29, 1.82) is 0 Å². The lowest BCUT2D eigenvalue weighted by Gasteiger charge is -2.14. The van der Waals surface area contributed by atoms with Gasteiger partial charge >= 0.3 is 0 Å². The van der Waals surface area contributed by atoms with Crippen LogP contribution in [-0.2, 0) is 0 Å². The summed E-state index contributed by atoms with van der Waals surface area (Å²) < 4.78 is 26.4. The highest BCUT2D eigenvalue weighted by atomic mass is 35.5. The first-order chi connectivity index (χ1) is 9.47. The van der Waals surface area contributed by atoms with Crippen molar-refractivity contribution in [3.8, 4) is 0 Å². The number of amides is 1. The second-order valence-electron chi connectivity index (χ2n) is 4.37. The van der Waals surface area contributed by atoms with E-state index >= 15 is 0 Å². The summed E-state index contributed by atoms with van der Waals surface area (Å²) in [5, 5.41) is 2.88. The Bertz CT molecular complexity index is 628. The van der Waals surface area contributed by atoms with Crippen LogP contribution >= 0.6 is 11.6 Å². The minimum absolute atomic E-state index is 0.0802. The van der Waals surface area contributed by atoms with Crippen molar-refractivity contribution < 1.29 is 13.6 Å². The van der Waals surface area contributed by atoms with Crippen molar-refractivity contribution in [3.63, 3.8) is 0 Å². The standard InChI is InChI=1S/C15H12ClF2NO/c1-9(10-2-5-12(17)6-3-10)19-15(20)13-7-4-11(16)8-14(13)18/h2-9H,1H3,(H,19,20)/t9-/m1/s1. The molecule has 0 radical (unpaired) electrons. The summed E-state index contributed by atoms with van der Waals surface area (Å²) in [6.45, 7) is 1.74. The van der Waals surface area contributed by atoms with Crippen molar-refractivity contribution in [2.45, 2.75) is 13.0 Å². The lowest BCUT2D eigenvalue weighted by Crippen LogP contribution is -2.27. The zero-order chi connectivity index (χ0) is 14.7. The fourth-order valence-corrected chi connectivity index (χ4v) is 1.94. The van der Waals surface area contributed by atoms with Gasteiger partial charge < -0.3 is 5.32 Å². The molecule has 20 heavy (non-hydrogen) atoms. The Labute approximate surface area is 120 Å². The predicted octanol–water partition coefficient (Wildman–Crippen LogP) is 4.11. The second kappa shape index (κ2) is 6.01. The first-order valence-corrected chi connectivity index (χ1v) is 6.36. The molecule has 0 saturated heterocycles. The summed E-state index contributed by atoms with van der Waals surface area (Å²) >= 11 is 5.63. The van der Waals surface area contributed by atoms with Gasteiger partial charge in [0.05, 0.1) is 11.6 Å². The molecule has 0 heterocycles. The fraction of sp³-hybridized carbons (Fsp3) is 0.133. The Balaban J connectivity index is 2.13. The van der Waals surface area contributed by atoms with E-state index in [-0.39, 0.29) is 22.4 Å². The molecule has 2 aromatic rings. The molecule has 0 saturated carbocycles. The second-order valence-corrected chi connectivity index (χ2v) is 4.81. The molecule has 1 amide bonds. The van der Waals surface area contributed by atoms with Crippen LogP contribution in [0, 0.1) is 11.6 Å². The van der Waals surface area contributed by atoms with Gasteiger partial charge in [0.15, 0.2) is 0 Å². The van der Waals surface area contributed by atoms with Gasteiger partial charge in [-0.25, -0.2) is 8.78 Å². The molecule has 0 unspecified atom stereocenters. The third-order valence-corrected chi connectivity index (χ3v) is 3.13. The zero-order valence-electron chi connectivity index (χ0n) is 10.7. The Kier molecular flexibility index (Phi) is 4.35. The van der Waals surface area contributed by atoms with E-state index in [1.807, 2.05) is 0 Å². The van der Waals surface area contributed by atoms with Crippen molar-refractivity contribution >= 4 is 17.5 Å². The molecule has 2 rings (SSSR count). The normalized spacial score (nSPS) is 12.0. The van der Waals surface area contributed by atoms with Gasteiger partial charge in [0.25, 0.3) is 5.91 Å². The SMILES string of the molecule is C[C@@H](NC(=O)c1ccc(Cl)cc1F)c1ccc(F)cc1. The zero-order valence-corrected chi connectivity index (χ0v) is 11.4. The molecular formula is C15H12ClF2NO. The van der Waals surface area contributed by atoms with Crippen LogP contribution in [0.25, 0.3) is 0 Å². The molecule has 2 aromatic carbocycles. The van der Waals surface area contributed by atoms with E-state index in [1.165, 1.54) is 24.3 Å². The van der Waals surface area contributed by atoms with Gasteiger partial charge in [0, 0.05) is 5.02 Å².